The zero-order valence-corrected chi connectivity index (χ0v) is 14.7. The first kappa shape index (κ1) is 16.9. The van der Waals surface area contributed by atoms with Crippen molar-refractivity contribution in [2.75, 3.05) is 32.8 Å². The van der Waals surface area contributed by atoms with Gasteiger partial charge in [0.1, 0.15) is 19.0 Å². The van der Waals surface area contributed by atoms with Gasteiger partial charge in [-0.05, 0) is 54.8 Å². The van der Waals surface area contributed by atoms with E-state index in [-0.39, 0.29) is 5.78 Å². The fourth-order valence-corrected chi connectivity index (χ4v) is 3.71. The summed E-state index contributed by atoms with van der Waals surface area (Å²) in [5.41, 5.74) is 1.85. The van der Waals surface area contributed by atoms with Gasteiger partial charge in [0.15, 0.2) is 17.3 Å². The summed E-state index contributed by atoms with van der Waals surface area (Å²) in [4.78, 5) is 14.9. The normalized spacial score (nSPS) is 19.5. The van der Waals surface area contributed by atoms with Crippen molar-refractivity contribution >= 4 is 5.78 Å². The minimum Gasteiger partial charge on any atom is -0.508 e. The lowest BCUT2D eigenvalue weighted by Gasteiger charge is -2.19. The maximum atomic E-state index is 12.5. The summed E-state index contributed by atoms with van der Waals surface area (Å²) in [5, 5.41) is 9.65. The van der Waals surface area contributed by atoms with Crippen LogP contribution in [0.3, 0.4) is 0 Å². The number of aromatic hydroxyl groups is 1. The number of carbonyl (C=O) groups excluding carboxylic acids is 1. The molecular weight excluding hydrogens is 330 g/mol. The molecule has 2 aliphatic rings. The van der Waals surface area contributed by atoms with Gasteiger partial charge >= 0.3 is 0 Å². The third-order valence-corrected chi connectivity index (χ3v) is 5.13. The van der Waals surface area contributed by atoms with E-state index in [2.05, 4.69) is 11.0 Å². The van der Waals surface area contributed by atoms with Gasteiger partial charge in [-0.1, -0.05) is 12.1 Å². The molecule has 1 saturated heterocycles. The van der Waals surface area contributed by atoms with E-state index < -0.39 is 0 Å². The predicted molar refractivity (Wildman–Crippen MR) is 98.3 cm³/mol. The van der Waals surface area contributed by atoms with Crippen molar-refractivity contribution in [3.8, 4) is 17.2 Å². The minimum absolute atomic E-state index is 0.128. The van der Waals surface area contributed by atoms with E-state index in [0.29, 0.717) is 48.4 Å². The fraction of sp³-hybridized carbons (Fsp3) is 0.381. The molecule has 1 atom stereocenters. The van der Waals surface area contributed by atoms with Crippen molar-refractivity contribution in [2.45, 2.75) is 18.8 Å². The molecule has 4 rings (SSSR count). The highest BCUT2D eigenvalue weighted by Crippen LogP contribution is 2.32. The first-order valence-electron chi connectivity index (χ1n) is 9.13. The van der Waals surface area contributed by atoms with Crippen molar-refractivity contribution in [3.63, 3.8) is 0 Å². The molecule has 0 spiro atoms. The number of ether oxygens (including phenoxy) is 2. The Morgan fingerprint density at radius 2 is 1.96 bits per heavy atom. The molecule has 5 heteroatoms. The van der Waals surface area contributed by atoms with Gasteiger partial charge in [0.25, 0.3) is 0 Å². The summed E-state index contributed by atoms with van der Waals surface area (Å²) in [5.74, 6) is 2.23. The Morgan fingerprint density at radius 3 is 2.81 bits per heavy atom. The number of likely N-dealkylation sites (tertiary alicyclic amines) is 1. The van der Waals surface area contributed by atoms with Gasteiger partial charge in [-0.2, -0.15) is 0 Å². The van der Waals surface area contributed by atoms with Gasteiger partial charge in [0, 0.05) is 25.1 Å². The number of fused-ring (bicyclic) bond motifs is 1. The molecule has 0 aromatic heterocycles. The molecule has 1 unspecified atom stereocenters. The highest BCUT2D eigenvalue weighted by molar-refractivity contribution is 5.96. The Labute approximate surface area is 153 Å². The topological polar surface area (TPSA) is 59.0 Å². The minimum atomic E-state index is 0.128. The fourth-order valence-electron chi connectivity index (χ4n) is 3.71. The van der Waals surface area contributed by atoms with Crippen molar-refractivity contribution in [1.82, 2.24) is 4.90 Å². The van der Waals surface area contributed by atoms with E-state index >= 15 is 0 Å². The first-order valence-corrected chi connectivity index (χ1v) is 9.13. The first-order chi connectivity index (χ1) is 12.7. The third-order valence-electron chi connectivity index (χ3n) is 5.13. The second-order valence-corrected chi connectivity index (χ2v) is 6.91. The predicted octanol–water partition coefficient (Wildman–Crippen LogP) is 3.23. The molecule has 136 valence electrons. The summed E-state index contributed by atoms with van der Waals surface area (Å²) in [6.45, 7) is 3.74. The van der Waals surface area contributed by atoms with Crippen molar-refractivity contribution in [1.29, 1.82) is 0 Å². The van der Waals surface area contributed by atoms with E-state index in [1.54, 1.807) is 12.1 Å². The SMILES string of the molecule is O=C(CCN1CCC(c2cccc(O)c2)C1)c1ccc2c(c1)OCCO2. The summed E-state index contributed by atoms with van der Waals surface area (Å²) >= 11 is 0. The van der Waals surface area contributed by atoms with E-state index in [0.717, 1.165) is 26.1 Å². The van der Waals surface area contributed by atoms with Crippen molar-refractivity contribution in [2.24, 2.45) is 0 Å². The molecule has 2 aliphatic heterocycles. The monoisotopic (exact) mass is 353 g/mol. The molecular formula is C21H23NO4. The maximum absolute atomic E-state index is 12.5. The van der Waals surface area contributed by atoms with Crippen LogP contribution in [-0.4, -0.2) is 48.6 Å². The van der Waals surface area contributed by atoms with Crippen LogP contribution in [0, 0.1) is 0 Å². The van der Waals surface area contributed by atoms with Gasteiger partial charge in [0.2, 0.25) is 0 Å². The molecule has 0 saturated carbocycles. The Hall–Kier alpha value is -2.53. The average Bonchev–Trinajstić information content (AvgIpc) is 3.15. The Kier molecular flexibility index (Phi) is 4.80. The average molecular weight is 353 g/mol. The smallest absolute Gasteiger partial charge is 0.164 e. The zero-order chi connectivity index (χ0) is 17.9. The van der Waals surface area contributed by atoms with Crippen molar-refractivity contribution < 1.29 is 19.4 Å². The molecule has 1 N–H and O–H groups in total. The second kappa shape index (κ2) is 7.38. The molecule has 0 aliphatic carbocycles. The number of hydrogen-bond donors (Lipinski definition) is 1. The number of carbonyl (C=O) groups is 1. The van der Waals surface area contributed by atoms with Gasteiger partial charge < -0.3 is 19.5 Å². The summed E-state index contributed by atoms with van der Waals surface area (Å²) in [6, 6.07) is 12.9. The van der Waals surface area contributed by atoms with Crippen LogP contribution in [0.1, 0.15) is 34.7 Å². The zero-order valence-electron chi connectivity index (χ0n) is 14.7. The molecule has 0 radical (unpaired) electrons. The molecule has 2 heterocycles. The second-order valence-electron chi connectivity index (χ2n) is 6.91. The van der Waals surface area contributed by atoms with Crippen LogP contribution in [0.2, 0.25) is 0 Å². The van der Waals surface area contributed by atoms with Crippen molar-refractivity contribution in [3.05, 3.63) is 53.6 Å². The van der Waals surface area contributed by atoms with E-state index in [4.69, 9.17) is 9.47 Å². The largest absolute Gasteiger partial charge is 0.508 e. The van der Waals surface area contributed by atoms with E-state index in [1.807, 2.05) is 24.3 Å². The molecule has 0 bridgehead atoms. The van der Waals surface area contributed by atoms with Crippen LogP contribution >= 0.6 is 0 Å². The lowest BCUT2D eigenvalue weighted by atomic mass is 9.98. The van der Waals surface area contributed by atoms with Gasteiger partial charge in [-0.15, -0.1) is 0 Å². The van der Waals surface area contributed by atoms with Gasteiger partial charge in [-0.25, -0.2) is 0 Å². The summed E-state index contributed by atoms with van der Waals surface area (Å²) < 4.78 is 11.1. The highest BCUT2D eigenvalue weighted by atomic mass is 16.6. The number of phenolic OH excluding ortho intramolecular Hbond substituents is 1. The number of phenols is 1. The molecule has 2 aromatic rings. The van der Waals surface area contributed by atoms with Crippen LogP contribution in [-0.2, 0) is 0 Å². The van der Waals surface area contributed by atoms with Crippen LogP contribution in [0.4, 0.5) is 0 Å². The van der Waals surface area contributed by atoms with Crippen LogP contribution in [0.15, 0.2) is 42.5 Å². The van der Waals surface area contributed by atoms with Gasteiger partial charge in [0.05, 0.1) is 0 Å². The van der Waals surface area contributed by atoms with Crippen LogP contribution in [0.25, 0.3) is 0 Å². The maximum Gasteiger partial charge on any atom is 0.164 e. The Balaban J connectivity index is 1.32. The number of nitrogens with zero attached hydrogens (tertiary/aromatic N) is 1. The van der Waals surface area contributed by atoms with E-state index in [1.165, 1.54) is 5.56 Å². The summed E-state index contributed by atoms with van der Waals surface area (Å²) in [7, 11) is 0. The third kappa shape index (κ3) is 3.68. The molecule has 0 amide bonds. The van der Waals surface area contributed by atoms with E-state index in [9.17, 15) is 9.90 Å². The number of ketones is 1. The summed E-state index contributed by atoms with van der Waals surface area (Å²) in [6.07, 6.45) is 1.55. The number of Topliss-reactive ketones (excluding diaryl/α,β-unsaturated/α-hetero) is 1. The highest BCUT2D eigenvalue weighted by Gasteiger charge is 2.24. The number of hydrogen-bond acceptors (Lipinski definition) is 5. The Bertz CT molecular complexity index is 804. The Morgan fingerprint density at radius 1 is 1.12 bits per heavy atom. The quantitative estimate of drug-likeness (QED) is 0.837. The molecule has 2 aromatic carbocycles. The van der Waals surface area contributed by atoms with Gasteiger partial charge in [-0.3, -0.25) is 4.79 Å². The molecule has 5 nitrogen and oxygen atoms in total. The lowest BCUT2D eigenvalue weighted by molar-refractivity contribution is 0.0967. The number of benzene rings is 2. The van der Waals surface area contributed by atoms with Crippen LogP contribution < -0.4 is 9.47 Å². The molecule has 26 heavy (non-hydrogen) atoms. The molecule has 1 fully saturated rings. The van der Waals surface area contributed by atoms with Crippen LogP contribution in [0.5, 0.6) is 17.2 Å². The standard InChI is InChI=1S/C21H23NO4/c23-18-3-1-2-15(12-18)17-6-8-22(14-17)9-7-19(24)16-4-5-20-21(13-16)26-11-10-25-20/h1-5,12-13,17,23H,6-11,14H2. The number of rotatable bonds is 5. The lowest BCUT2D eigenvalue weighted by Crippen LogP contribution is -2.23.